The molecule has 0 amide bonds. The molecule has 0 radical (unpaired) electrons. The van der Waals surface area contributed by atoms with E-state index < -0.39 is 0 Å². The molecule has 0 N–H and O–H groups in total. The van der Waals surface area contributed by atoms with Crippen LogP contribution >= 0.6 is 0 Å². The van der Waals surface area contributed by atoms with Crippen LogP contribution in [0, 0.1) is 11.8 Å². The average Bonchev–Trinajstić information content (AvgIpc) is 2.42. The lowest BCUT2D eigenvalue weighted by Gasteiger charge is -1.75. The molecule has 1 saturated carbocycles. The van der Waals surface area contributed by atoms with Gasteiger partial charge in [-0.3, -0.25) is 0 Å². The van der Waals surface area contributed by atoms with Crippen LogP contribution in [0.1, 0.15) is 13.3 Å². The zero-order valence-corrected chi connectivity index (χ0v) is 5.04. The molecule has 0 heterocycles. The Labute approximate surface area is 49.3 Å². The standard InChI is InChI=1S/C6H10N2/c1-5-3-6(5)4-8-7-2/h4-6H,2-3H2,1H3/b8-4+. The van der Waals surface area contributed by atoms with Crippen molar-refractivity contribution in [3.05, 3.63) is 0 Å². The Hall–Kier alpha value is -0.660. The highest BCUT2D eigenvalue weighted by Gasteiger charge is 2.30. The summed E-state index contributed by atoms with van der Waals surface area (Å²) in [7, 11) is 0. The van der Waals surface area contributed by atoms with Crippen LogP contribution in [0.5, 0.6) is 0 Å². The third kappa shape index (κ3) is 1.15. The predicted molar refractivity (Wildman–Crippen MR) is 35.3 cm³/mol. The van der Waals surface area contributed by atoms with Gasteiger partial charge in [0.05, 0.1) is 0 Å². The van der Waals surface area contributed by atoms with Crippen molar-refractivity contribution in [3.63, 3.8) is 0 Å². The van der Waals surface area contributed by atoms with Crippen molar-refractivity contribution >= 4 is 12.9 Å². The van der Waals surface area contributed by atoms with Crippen molar-refractivity contribution in [2.45, 2.75) is 13.3 Å². The molecule has 8 heavy (non-hydrogen) atoms. The maximum Gasteiger partial charge on any atom is 0.0303 e. The lowest BCUT2D eigenvalue weighted by atomic mass is 10.4. The Bertz CT molecular complexity index is 118. The van der Waals surface area contributed by atoms with E-state index >= 15 is 0 Å². The summed E-state index contributed by atoms with van der Waals surface area (Å²) in [6.07, 6.45) is 3.15. The molecular formula is C6H10N2. The Balaban J connectivity index is 2.21. The van der Waals surface area contributed by atoms with Gasteiger partial charge < -0.3 is 0 Å². The van der Waals surface area contributed by atoms with Gasteiger partial charge in [0.2, 0.25) is 0 Å². The Morgan fingerprint density at radius 3 is 2.75 bits per heavy atom. The summed E-state index contributed by atoms with van der Waals surface area (Å²) in [5.41, 5.74) is 0. The minimum Gasteiger partial charge on any atom is -0.167 e. The molecular weight excluding hydrogens is 100 g/mol. The molecule has 1 fully saturated rings. The van der Waals surface area contributed by atoms with Gasteiger partial charge in [-0.1, -0.05) is 6.92 Å². The number of hydrogen-bond acceptors (Lipinski definition) is 2. The molecule has 1 aliphatic carbocycles. The van der Waals surface area contributed by atoms with Crippen molar-refractivity contribution in [1.29, 1.82) is 0 Å². The summed E-state index contributed by atoms with van der Waals surface area (Å²) in [4.78, 5) is 0. The summed E-state index contributed by atoms with van der Waals surface area (Å²) >= 11 is 0. The molecule has 0 bridgehead atoms. The van der Waals surface area contributed by atoms with Crippen LogP contribution in [0.4, 0.5) is 0 Å². The molecule has 2 nitrogen and oxygen atoms in total. The zero-order valence-electron chi connectivity index (χ0n) is 5.04. The lowest BCUT2D eigenvalue weighted by Crippen LogP contribution is -1.76. The van der Waals surface area contributed by atoms with Crippen molar-refractivity contribution in [3.8, 4) is 0 Å². The fourth-order valence-electron chi connectivity index (χ4n) is 0.691. The first-order valence-corrected chi connectivity index (χ1v) is 2.83. The van der Waals surface area contributed by atoms with E-state index in [2.05, 4.69) is 23.8 Å². The molecule has 2 heteroatoms. The van der Waals surface area contributed by atoms with Gasteiger partial charge in [-0.25, -0.2) is 0 Å². The quantitative estimate of drug-likeness (QED) is 0.378. The molecule has 0 aromatic heterocycles. The summed E-state index contributed by atoms with van der Waals surface area (Å²) in [5.74, 6) is 1.53. The smallest absolute Gasteiger partial charge is 0.0303 e. The van der Waals surface area contributed by atoms with Crippen molar-refractivity contribution in [2.24, 2.45) is 22.0 Å². The zero-order chi connectivity index (χ0) is 5.98. The minimum atomic E-state index is 0.695. The second-order valence-corrected chi connectivity index (χ2v) is 2.28. The highest BCUT2D eigenvalue weighted by Crippen LogP contribution is 2.35. The number of hydrogen-bond donors (Lipinski definition) is 0. The van der Waals surface area contributed by atoms with Crippen molar-refractivity contribution in [1.82, 2.24) is 0 Å². The van der Waals surface area contributed by atoms with Crippen LogP contribution in [0.3, 0.4) is 0 Å². The van der Waals surface area contributed by atoms with Gasteiger partial charge in [0, 0.05) is 12.9 Å². The minimum absolute atomic E-state index is 0.695. The van der Waals surface area contributed by atoms with E-state index in [-0.39, 0.29) is 0 Å². The monoisotopic (exact) mass is 110 g/mol. The van der Waals surface area contributed by atoms with Gasteiger partial charge in [0.15, 0.2) is 0 Å². The van der Waals surface area contributed by atoms with Crippen LogP contribution in [-0.2, 0) is 0 Å². The summed E-state index contributed by atoms with van der Waals surface area (Å²) < 4.78 is 0. The Kier molecular flexibility index (Phi) is 1.42. The Morgan fingerprint density at radius 2 is 2.38 bits per heavy atom. The number of nitrogens with zero attached hydrogens (tertiary/aromatic N) is 2. The maximum atomic E-state index is 3.67. The van der Waals surface area contributed by atoms with Crippen LogP contribution in [-0.4, -0.2) is 12.9 Å². The van der Waals surface area contributed by atoms with Gasteiger partial charge in [0.25, 0.3) is 0 Å². The van der Waals surface area contributed by atoms with Gasteiger partial charge in [-0.15, -0.1) is 0 Å². The van der Waals surface area contributed by atoms with E-state index in [9.17, 15) is 0 Å². The van der Waals surface area contributed by atoms with Gasteiger partial charge in [-0.05, 0) is 18.3 Å². The molecule has 44 valence electrons. The van der Waals surface area contributed by atoms with Crippen LogP contribution in [0.2, 0.25) is 0 Å². The SMILES string of the molecule is C=N/N=C/C1CC1C. The van der Waals surface area contributed by atoms with E-state index in [0.717, 1.165) is 5.92 Å². The molecule has 0 spiro atoms. The lowest BCUT2D eigenvalue weighted by molar-refractivity contribution is 0.931. The molecule has 1 rings (SSSR count). The van der Waals surface area contributed by atoms with Crippen LogP contribution in [0.15, 0.2) is 10.2 Å². The van der Waals surface area contributed by atoms with E-state index in [4.69, 9.17) is 0 Å². The molecule has 0 saturated heterocycles. The highest BCUT2D eigenvalue weighted by molar-refractivity contribution is 5.64. The fraction of sp³-hybridized carbons (Fsp3) is 0.667. The average molecular weight is 110 g/mol. The summed E-state index contributed by atoms with van der Waals surface area (Å²) in [6.45, 7) is 5.45. The third-order valence-electron chi connectivity index (χ3n) is 1.51. The second kappa shape index (κ2) is 2.07. The molecule has 2 atom stereocenters. The van der Waals surface area contributed by atoms with Gasteiger partial charge in [-0.2, -0.15) is 10.2 Å². The topological polar surface area (TPSA) is 24.7 Å². The second-order valence-electron chi connectivity index (χ2n) is 2.28. The highest BCUT2D eigenvalue weighted by atomic mass is 15.2. The maximum absolute atomic E-state index is 3.67. The van der Waals surface area contributed by atoms with Crippen molar-refractivity contribution < 1.29 is 0 Å². The number of rotatable bonds is 2. The summed E-state index contributed by atoms with van der Waals surface area (Å²) in [6, 6.07) is 0. The predicted octanol–water partition coefficient (Wildman–Crippen LogP) is 1.33. The molecule has 2 unspecified atom stereocenters. The van der Waals surface area contributed by atoms with Gasteiger partial charge in [0.1, 0.15) is 0 Å². The first-order valence-electron chi connectivity index (χ1n) is 2.83. The van der Waals surface area contributed by atoms with Gasteiger partial charge >= 0.3 is 0 Å². The van der Waals surface area contributed by atoms with Crippen LogP contribution < -0.4 is 0 Å². The van der Waals surface area contributed by atoms with Crippen molar-refractivity contribution in [2.75, 3.05) is 0 Å². The largest absolute Gasteiger partial charge is 0.167 e. The van der Waals surface area contributed by atoms with E-state index in [1.54, 1.807) is 0 Å². The summed E-state index contributed by atoms with van der Waals surface area (Å²) in [5, 5.41) is 7.04. The first kappa shape index (κ1) is 5.48. The fourth-order valence-corrected chi connectivity index (χ4v) is 0.691. The molecule has 0 aromatic carbocycles. The van der Waals surface area contributed by atoms with Crippen LogP contribution in [0.25, 0.3) is 0 Å². The molecule has 1 aliphatic rings. The third-order valence-corrected chi connectivity index (χ3v) is 1.51. The Morgan fingerprint density at radius 1 is 1.75 bits per heavy atom. The van der Waals surface area contributed by atoms with E-state index in [1.165, 1.54) is 6.42 Å². The van der Waals surface area contributed by atoms with E-state index in [0.29, 0.717) is 5.92 Å². The normalized spacial score (nSPS) is 35.6. The molecule has 0 aromatic rings. The molecule has 0 aliphatic heterocycles. The van der Waals surface area contributed by atoms with E-state index in [1.807, 2.05) is 6.21 Å². The first-order chi connectivity index (χ1) is 3.84.